The lowest BCUT2D eigenvalue weighted by Gasteiger charge is -2.29. The molecule has 4 nitrogen and oxygen atoms in total. The van der Waals surface area contributed by atoms with Gasteiger partial charge in [-0.3, -0.25) is 4.98 Å². The summed E-state index contributed by atoms with van der Waals surface area (Å²) >= 11 is 1.90. The van der Waals surface area contributed by atoms with Gasteiger partial charge in [-0.25, -0.2) is 4.99 Å². The number of nitrogens with zero attached hydrogens (tertiary/aromatic N) is 2. The zero-order chi connectivity index (χ0) is 34.2. The van der Waals surface area contributed by atoms with E-state index in [2.05, 4.69) is 156 Å². The van der Waals surface area contributed by atoms with Gasteiger partial charge >= 0.3 is 0 Å². The Morgan fingerprint density at radius 1 is 0.615 bits per heavy atom. The molecule has 9 aromatic rings. The van der Waals surface area contributed by atoms with Crippen LogP contribution in [-0.2, 0) is 6.42 Å². The molecule has 0 amide bonds. The monoisotopic (exact) mass is 684 g/mol. The van der Waals surface area contributed by atoms with Crippen LogP contribution in [0.5, 0.6) is 0 Å². The molecule has 0 radical (unpaired) electrons. The summed E-state index contributed by atoms with van der Waals surface area (Å²) in [4.78, 5) is 14.0. The lowest BCUT2D eigenvalue weighted by molar-refractivity contribution is 0.780. The van der Waals surface area contributed by atoms with Gasteiger partial charge < -0.3 is 10.3 Å². The number of pyridine rings is 1. The highest BCUT2D eigenvalue weighted by Crippen LogP contribution is 2.49. The Kier molecular flexibility index (Phi) is 6.58. The topological polar surface area (TPSA) is 53.1 Å². The number of fused-ring (bicyclic) bond motifs is 10. The Balaban J connectivity index is 1.09. The second-order valence-electron chi connectivity index (χ2n) is 13.8. The summed E-state index contributed by atoms with van der Waals surface area (Å²) in [5.74, 6) is 1.06. The van der Waals surface area contributed by atoms with Crippen LogP contribution in [-0.4, -0.2) is 15.8 Å². The van der Waals surface area contributed by atoms with E-state index in [1.165, 1.54) is 58.9 Å². The number of aromatic nitrogens is 2. The van der Waals surface area contributed by atoms with Gasteiger partial charge in [0, 0.05) is 54.1 Å². The van der Waals surface area contributed by atoms with Crippen LogP contribution in [0.3, 0.4) is 0 Å². The molecule has 5 heteroatoms. The fourth-order valence-corrected chi connectivity index (χ4v) is 9.67. The van der Waals surface area contributed by atoms with E-state index in [1.807, 2.05) is 23.6 Å². The first-order valence-electron chi connectivity index (χ1n) is 17.9. The molecule has 0 fully saturated rings. The molecule has 0 saturated heterocycles. The molecule has 0 bridgehead atoms. The summed E-state index contributed by atoms with van der Waals surface area (Å²) in [6.07, 6.45) is 5.07. The lowest BCUT2D eigenvalue weighted by atomic mass is 9.74. The third-order valence-electron chi connectivity index (χ3n) is 10.9. The molecule has 11 rings (SSSR count). The summed E-state index contributed by atoms with van der Waals surface area (Å²) in [6, 6.07) is 52.5. The summed E-state index contributed by atoms with van der Waals surface area (Å²) in [5, 5.41) is 8.74. The van der Waals surface area contributed by atoms with Crippen LogP contribution in [0.25, 0.3) is 58.8 Å². The van der Waals surface area contributed by atoms with E-state index in [9.17, 15) is 0 Å². The molecule has 6 aromatic carbocycles. The van der Waals surface area contributed by atoms with Crippen LogP contribution >= 0.6 is 11.3 Å². The Morgan fingerprint density at radius 2 is 1.42 bits per heavy atom. The standard InChI is InChI=1S/C47H32N4S/c1-3-11-28(12-4-1)40-27-41(51-47(50-40)29-13-5-2-6-14-29)46-45-37-25-30(19-21-38(37)49-39(45)23-24-48-46)35-26-36-33(31-15-7-8-16-32(31)35)20-22-43-44(36)34-17-9-10-18-42(34)52-43/h1-25,27,35,40,49H,26H2,(H,50,51). The van der Waals surface area contributed by atoms with E-state index in [1.54, 1.807) is 0 Å². The Morgan fingerprint density at radius 3 is 2.33 bits per heavy atom. The minimum absolute atomic E-state index is 0.0504. The van der Waals surface area contributed by atoms with E-state index >= 15 is 0 Å². The van der Waals surface area contributed by atoms with Crippen molar-refractivity contribution in [3.8, 4) is 11.1 Å². The van der Waals surface area contributed by atoms with Gasteiger partial charge in [0.15, 0.2) is 0 Å². The fourth-order valence-electron chi connectivity index (χ4n) is 8.53. The van der Waals surface area contributed by atoms with Gasteiger partial charge in [-0.15, -0.1) is 11.3 Å². The number of rotatable bonds is 4. The molecular weight excluding hydrogens is 653 g/mol. The van der Waals surface area contributed by atoms with Crippen LogP contribution in [0.15, 0.2) is 163 Å². The molecular formula is C47H32N4S. The first kappa shape index (κ1) is 29.4. The predicted molar refractivity (Wildman–Crippen MR) is 217 cm³/mol. The summed E-state index contributed by atoms with van der Waals surface area (Å²) in [7, 11) is 0. The van der Waals surface area contributed by atoms with Gasteiger partial charge in [0.25, 0.3) is 0 Å². The van der Waals surface area contributed by atoms with Crippen molar-refractivity contribution in [1.82, 2.24) is 15.3 Å². The molecule has 1 aliphatic carbocycles. The van der Waals surface area contributed by atoms with Crippen molar-refractivity contribution < 1.29 is 0 Å². The Hall–Kier alpha value is -6.30. The van der Waals surface area contributed by atoms with Crippen LogP contribution in [0.2, 0.25) is 0 Å². The van der Waals surface area contributed by atoms with E-state index in [-0.39, 0.29) is 12.0 Å². The maximum Gasteiger partial charge on any atom is 0.134 e. The van der Waals surface area contributed by atoms with E-state index in [4.69, 9.17) is 9.98 Å². The van der Waals surface area contributed by atoms with Crippen molar-refractivity contribution in [2.45, 2.75) is 18.4 Å². The van der Waals surface area contributed by atoms with Crippen molar-refractivity contribution >= 4 is 64.8 Å². The van der Waals surface area contributed by atoms with Crippen molar-refractivity contribution in [3.63, 3.8) is 0 Å². The van der Waals surface area contributed by atoms with Crippen LogP contribution in [0, 0.1) is 0 Å². The minimum atomic E-state index is -0.0504. The first-order chi connectivity index (χ1) is 25.8. The average Bonchev–Trinajstić information content (AvgIpc) is 3.79. The molecule has 2 unspecified atom stereocenters. The molecule has 4 heterocycles. The minimum Gasteiger partial charge on any atom is -0.359 e. The molecule has 0 spiro atoms. The van der Waals surface area contributed by atoms with Gasteiger partial charge in [-0.1, -0.05) is 115 Å². The third-order valence-corrected chi connectivity index (χ3v) is 12.1. The van der Waals surface area contributed by atoms with Gasteiger partial charge in [-0.2, -0.15) is 0 Å². The largest absolute Gasteiger partial charge is 0.359 e. The molecule has 52 heavy (non-hydrogen) atoms. The highest BCUT2D eigenvalue weighted by molar-refractivity contribution is 7.25. The quantitative estimate of drug-likeness (QED) is 0.194. The molecule has 2 N–H and O–H groups in total. The van der Waals surface area contributed by atoms with Gasteiger partial charge in [0.1, 0.15) is 5.84 Å². The van der Waals surface area contributed by atoms with E-state index in [0.29, 0.717) is 0 Å². The SMILES string of the molecule is C1=C(c2nccc3[nH]c4ccc(C5Cc6c(ccc7sc8ccccc8c67)-c6ccccc65)cc4c23)N=C(c2ccccc2)NC1c1ccccc1. The van der Waals surface area contributed by atoms with Gasteiger partial charge in [0.2, 0.25) is 0 Å². The van der Waals surface area contributed by atoms with Crippen molar-refractivity contribution in [1.29, 1.82) is 0 Å². The second-order valence-corrected chi connectivity index (χ2v) is 14.9. The zero-order valence-electron chi connectivity index (χ0n) is 28.2. The average molecular weight is 685 g/mol. The number of aliphatic imine (C=N–C) groups is 1. The normalized spacial score (nSPS) is 16.8. The molecule has 3 aromatic heterocycles. The summed E-state index contributed by atoms with van der Waals surface area (Å²) in [5.41, 5.74) is 13.0. The number of nitrogens with one attached hydrogen (secondary N) is 2. The molecule has 2 atom stereocenters. The Labute approximate surface area is 304 Å². The van der Waals surface area contributed by atoms with Crippen LogP contribution in [0.4, 0.5) is 0 Å². The lowest BCUT2D eigenvalue weighted by Crippen LogP contribution is -2.31. The summed E-state index contributed by atoms with van der Waals surface area (Å²) in [6.45, 7) is 0. The molecule has 2 aliphatic rings. The number of amidine groups is 1. The molecule has 0 saturated carbocycles. The maximum atomic E-state index is 5.24. The number of hydrogen-bond acceptors (Lipinski definition) is 4. The van der Waals surface area contributed by atoms with Crippen molar-refractivity contribution in [2.24, 2.45) is 4.99 Å². The van der Waals surface area contributed by atoms with Crippen LogP contribution < -0.4 is 5.32 Å². The smallest absolute Gasteiger partial charge is 0.134 e. The number of H-pyrrole nitrogens is 1. The third kappa shape index (κ3) is 4.59. The highest BCUT2D eigenvalue weighted by Gasteiger charge is 2.29. The number of hydrogen-bond donors (Lipinski definition) is 2. The van der Waals surface area contributed by atoms with Crippen molar-refractivity contribution in [3.05, 3.63) is 191 Å². The first-order valence-corrected chi connectivity index (χ1v) is 18.7. The second kappa shape index (κ2) is 11.6. The van der Waals surface area contributed by atoms with Crippen molar-refractivity contribution in [2.75, 3.05) is 0 Å². The fraction of sp³-hybridized carbons (Fsp3) is 0.0638. The van der Waals surface area contributed by atoms with Crippen LogP contribution in [0.1, 0.15) is 45.5 Å². The molecule has 246 valence electrons. The zero-order valence-corrected chi connectivity index (χ0v) is 29.0. The van der Waals surface area contributed by atoms with Gasteiger partial charge in [-0.05, 0) is 76.2 Å². The van der Waals surface area contributed by atoms with E-state index in [0.717, 1.165) is 45.6 Å². The maximum absolute atomic E-state index is 5.24. The number of aromatic amines is 1. The van der Waals surface area contributed by atoms with Gasteiger partial charge in [0.05, 0.1) is 22.9 Å². The number of thiophene rings is 1. The Bertz CT molecular complexity index is 2920. The summed E-state index contributed by atoms with van der Waals surface area (Å²) < 4.78 is 2.71. The predicted octanol–water partition coefficient (Wildman–Crippen LogP) is 11.6. The number of benzene rings is 6. The highest BCUT2D eigenvalue weighted by atomic mass is 32.1. The molecule has 1 aliphatic heterocycles. The van der Waals surface area contributed by atoms with E-state index < -0.39 is 0 Å².